The van der Waals surface area contributed by atoms with Gasteiger partial charge in [-0.3, -0.25) is 9.59 Å². The Bertz CT molecular complexity index is 729. The molecule has 128 valence electrons. The molecule has 6 heteroatoms. The van der Waals surface area contributed by atoms with Crippen LogP contribution in [-0.2, 0) is 17.1 Å². The van der Waals surface area contributed by atoms with Gasteiger partial charge in [-0.05, 0) is 18.4 Å². The summed E-state index contributed by atoms with van der Waals surface area (Å²) in [6.45, 7) is 6.06. The van der Waals surface area contributed by atoms with E-state index in [0.717, 1.165) is 5.75 Å². The second kappa shape index (κ2) is 8.68. The highest BCUT2D eigenvalue weighted by atomic mass is 32.2. The van der Waals surface area contributed by atoms with Crippen LogP contribution < -0.4 is 10.9 Å². The quantitative estimate of drug-likeness (QED) is 0.809. The number of nitrogens with one attached hydrogen (secondary N) is 2. The monoisotopic (exact) mass is 345 g/mol. The van der Waals surface area contributed by atoms with Gasteiger partial charge < -0.3 is 10.3 Å². The van der Waals surface area contributed by atoms with Crippen molar-refractivity contribution in [1.29, 1.82) is 0 Å². The Morgan fingerprint density at radius 1 is 1.29 bits per heavy atom. The highest BCUT2D eigenvalue weighted by molar-refractivity contribution is 7.99. The number of amides is 1. The first kappa shape index (κ1) is 18.3. The number of H-pyrrole nitrogens is 1. The second-order valence-corrected chi connectivity index (χ2v) is 7.14. The summed E-state index contributed by atoms with van der Waals surface area (Å²) in [4.78, 5) is 30.8. The summed E-state index contributed by atoms with van der Waals surface area (Å²) in [5.41, 5.74) is 1.64. The van der Waals surface area contributed by atoms with Gasteiger partial charge in [0.05, 0.1) is 11.8 Å². The summed E-state index contributed by atoms with van der Waals surface area (Å²) in [6, 6.07) is 11.5. The van der Waals surface area contributed by atoms with Gasteiger partial charge in [-0.15, -0.1) is 11.8 Å². The third kappa shape index (κ3) is 5.53. The van der Waals surface area contributed by atoms with Crippen molar-refractivity contribution in [3.63, 3.8) is 0 Å². The van der Waals surface area contributed by atoms with Crippen LogP contribution in [0.5, 0.6) is 0 Å². The maximum atomic E-state index is 12.5. The molecule has 0 bridgehead atoms. The first-order valence-electron chi connectivity index (χ1n) is 7.96. The number of hydrogen-bond acceptors (Lipinski definition) is 4. The molecule has 5 nitrogen and oxygen atoms in total. The average molecular weight is 345 g/mol. The highest BCUT2D eigenvalue weighted by Crippen LogP contribution is 2.24. The molecular weight excluding hydrogens is 322 g/mol. The fourth-order valence-corrected chi connectivity index (χ4v) is 3.51. The standard InChI is InChI=1S/C18H23N3O2S/c1-12(2)17(24-11-14-7-5-4-6-8-14)18(23)19-10-15-20-13(3)9-16(22)21-15/h4-9,12,17H,10-11H2,1-3H3,(H,19,23)(H,20,21,22). The first-order valence-corrected chi connectivity index (χ1v) is 9.00. The van der Waals surface area contributed by atoms with Crippen LogP contribution in [0.15, 0.2) is 41.2 Å². The van der Waals surface area contributed by atoms with Gasteiger partial charge in [0, 0.05) is 17.5 Å². The second-order valence-electron chi connectivity index (χ2n) is 6.01. The van der Waals surface area contributed by atoms with E-state index in [1.54, 1.807) is 18.7 Å². The van der Waals surface area contributed by atoms with Crippen molar-refractivity contribution in [3.05, 3.63) is 63.8 Å². The molecule has 0 saturated heterocycles. The van der Waals surface area contributed by atoms with Crippen molar-refractivity contribution in [2.24, 2.45) is 5.92 Å². The van der Waals surface area contributed by atoms with Gasteiger partial charge in [0.2, 0.25) is 5.91 Å². The van der Waals surface area contributed by atoms with E-state index in [1.807, 2.05) is 32.0 Å². The van der Waals surface area contributed by atoms with Gasteiger partial charge in [-0.2, -0.15) is 0 Å². The molecular formula is C18H23N3O2S. The molecule has 0 radical (unpaired) electrons. The summed E-state index contributed by atoms with van der Waals surface area (Å²) >= 11 is 1.63. The zero-order valence-electron chi connectivity index (χ0n) is 14.2. The van der Waals surface area contributed by atoms with Crippen molar-refractivity contribution in [1.82, 2.24) is 15.3 Å². The molecule has 0 aliphatic carbocycles. The van der Waals surface area contributed by atoms with Crippen LogP contribution in [0.4, 0.5) is 0 Å². The van der Waals surface area contributed by atoms with Crippen LogP contribution in [0.3, 0.4) is 0 Å². The van der Waals surface area contributed by atoms with Crippen LogP contribution in [-0.4, -0.2) is 21.1 Å². The molecule has 1 unspecified atom stereocenters. The molecule has 0 saturated carbocycles. The number of hydrogen-bond donors (Lipinski definition) is 2. The number of carbonyl (C=O) groups is 1. The van der Waals surface area contributed by atoms with Crippen molar-refractivity contribution >= 4 is 17.7 Å². The smallest absolute Gasteiger partial charge is 0.251 e. The molecule has 2 N–H and O–H groups in total. The molecule has 1 atom stereocenters. The lowest BCUT2D eigenvalue weighted by Gasteiger charge is -2.19. The third-order valence-corrected chi connectivity index (χ3v) is 5.10. The SMILES string of the molecule is Cc1cc(=O)[nH]c(CNC(=O)C(SCc2ccccc2)C(C)C)n1. The van der Waals surface area contributed by atoms with Crippen LogP contribution in [0.1, 0.15) is 30.9 Å². The summed E-state index contributed by atoms with van der Waals surface area (Å²) in [6.07, 6.45) is 0. The number of benzene rings is 1. The molecule has 1 aromatic carbocycles. The molecule has 24 heavy (non-hydrogen) atoms. The van der Waals surface area contributed by atoms with E-state index < -0.39 is 0 Å². The van der Waals surface area contributed by atoms with Gasteiger partial charge in [-0.1, -0.05) is 44.2 Å². The van der Waals surface area contributed by atoms with Gasteiger partial charge in [0.25, 0.3) is 5.56 Å². The van der Waals surface area contributed by atoms with E-state index in [1.165, 1.54) is 11.6 Å². The maximum Gasteiger partial charge on any atom is 0.251 e. The number of aromatic amines is 1. The Balaban J connectivity index is 1.94. The van der Waals surface area contributed by atoms with Crippen molar-refractivity contribution in [2.75, 3.05) is 0 Å². The van der Waals surface area contributed by atoms with Gasteiger partial charge in [-0.25, -0.2) is 4.98 Å². The Hall–Kier alpha value is -2.08. The Labute approximate surface area is 146 Å². The molecule has 2 rings (SSSR count). The fraction of sp³-hybridized carbons (Fsp3) is 0.389. The number of rotatable bonds is 7. The minimum atomic E-state index is -0.203. The number of nitrogens with zero attached hydrogens (tertiary/aromatic N) is 1. The van der Waals surface area contributed by atoms with Gasteiger partial charge >= 0.3 is 0 Å². The fourth-order valence-electron chi connectivity index (χ4n) is 2.33. The summed E-state index contributed by atoms with van der Waals surface area (Å²) < 4.78 is 0. The van der Waals surface area contributed by atoms with E-state index >= 15 is 0 Å². The van der Waals surface area contributed by atoms with Crippen LogP contribution in [0.2, 0.25) is 0 Å². The van der Waals surface area contributed by atoms with Crippen LogP contribution in [0, 0.1) is 12.8 Å². The number of carbonyl (C=O) groups excluding carboxylic acids is 1. The van der Waals surface area contributed by atoms with E-state index in [-0.39, 0.29) is 29.2 Å². The van der Waals surface area contributed by atoms with Crippen LogP contribution >= 0.6 is 11.8 Å². The summed E-state index contributed by atoms with van der Waals surface area (Å²) in [5.74, 6) is 1.44. The minimum Gasteiger partial charge on any atom is -0.348 e. The molecule has 0 aliphatic rings. The van der Waals surface area contributed by atoms with Crippen molar-refractivity contribution < 1.29 is 4.79 Å². The lowest BCUT2D eigenvalue weighted by molar-refractivity contribution is -0.121. The lowest BCUT2D eigenvalue weighted by atomic mass is 10.1. The Kier molecular flexibility index (Phi) is 6.61. The minimum absolute atomic E-state index is 0.0323. The molecule has 1 aromatic heterocycles. The molecule has 0 spiro atoms. The van der Waals surface area contributed by atoms with E-state index in [2.05, 4.69) is 27.4 Å². The summed E-state index contributed by atoms with van der Waals surface area (Å²) in [5, 5.41) is 2.73. The zero-order chi connectivity index (χ0) is 17.5. The predicted octanol–water partition coefficient (Wildman–Crippen LogP) is 2.65. The Morgan fingerprint density at radius 3 is 2.62 bits per heavy atom. The van der Waals surface area contributed by atoms with Crippen molar-refractivity contribution in [3.8, 4) is 0 Å². The summed E-state index contributed by atoms with van der Waals surface area (Å²) in [7, 11) is 0. The Morgan fingerprint density at radius 2 is 2.00 bits per heavy atom. The molecule has 1 amide bonds. The van der Waals surface area contributed by atoms with E-state index in [9.17, 15) is 9.59 Å². The molecule has 0 fully saturated rings. The van der Waals surface area contributed by atoms with E-state index in [0.29, 0.717) is 11.5 Å². The number of thioether (sulfide) groups is 1. The zero-order valence-corrected chi connectivity index (χ0v) is 15.0. The van der Waals surface area contributed by atoms with Crippen LogP contribution in [0.25, 0.3) is 0 Å². The number of aryl methyl sites for hydroxylation is 1. The van der Waals surface area contributed by atoms with Gasteiger partial charge in [0.1, 0.15) is 5.82 Å². The topological polar surface area (TPSA) is 74.8 Å². The highest BCUT2D eigenvalue weighted by Gasteiger charge is 2.22. The predicted molar refractivity (Wildman–Crippen MR) is 97.8 cm³/mol. The third-order valence-electron chi connectivity index (χ3n) is 3.49. The molecule has 0 aliphatic heterocycles. The van der Waals surface area contributed by atoms with E-state index in [4.69, 9.17) is 0 Å². The van der Waals surface area contributed by atoms with Gasteiger partial charge in [0.15, 0.2) is 0 Å². The lowest BCUT2D eigenvalue weighted by Crippen LogP contribution is -2.36. The number of aromatic nitrogens is 2. The average Bonchev–Trinajstić information content (AvgIpc) is 2.53. The largest absolute Gasteiger partial charge is 0.348 e. The maximum absolute atomic E-state index is 12.5. The molecule has 1 heterocycles. The normalized spacial score (nSPS) is 12.2. The first-order chi connectivity index (χ1) is 11.5. The van der Waals surface area contributed by atoms with Crippen molar-refractivity contribution in [2.45, 2.75) is 38.3 Å². The molecule has 2 aromatic rings.